The molecule has 0 bridgehead atoms. The molecule has 1 fully saturated rings. The van der Waals surface area contributed by atoms with Crippen LogP contribution in [0.1, 0.15) is 47.8 Å². The van der Waals surface area contributed by atoms with Crippen molar-refractivity contribution in [1.29, 1.82) is 0 Å². The molecule has 9 heteroatoms. The van der Waals surface area contributed by atoms with Crippen molar-refractivity contribution in [3.63, 3.8) is 0 Å². The van der Waals surface area contributed by atoms with Gasteiger partial charge in [0.15, 0.2) is 24.6 Å². The number of carbonyl (C=O) groups is 3. The Morgan fingerprint density at radius 1 is 0.455 bits per heavy atom. The lowest BCUT2D eigenvalue weighted by molar-refractivity contribution is -0.289. The number of rotatable bonds is 12. The van der Waals surface area contributed by atoms with Gasteiger partial charge in [-0.15, -0.1) is 0 Å². The fourth-order valence-corrected chi connectivity index (χ4v) is 6.70. The minimum absolute atomic E-state index is 0.185. The van der Waals surface area contributed by atoms with E-state index in [1.54, 1.807) is 91.0 Å². The average Bonchev–Trinajstić information content (AvgIpc) is 3.25. The van der Waals surface area contributed by atoms with Crippen molar-refractivity contribution in [1.82, 2.24) is 0 Å². The second kappa shape index (κ2) is 17.2. The molecule has 6 aromatic rings. The summed E-state index contributed by atoms with van der Waals surface area (Å²) < 4.78 is 31.3. The average molecular weight is 735 g/mol. The summed E-state index contributed by atoms with van der Waals surface area (Å²) in [5.74, 6) is -2.37. The minimum atomic E-state index is -1.83. The zero-order valence-corrected chi connectivity index (χ0v) is 29.6. The number of ether oxygens (including phenoxy) is 5. The van der Waals surface area contributed by atoms with E-state index in [1.165, 1.54) is 0 Å². The molecular weight excluding hydrogens is 696 g/mol. The minimum Gasteiger partial charge on any atom is -0.452 e. The van der Waals surface area contributed by atoms with Gasteiger partial charge in [-0.2, -0.15) is 0 Å². The van der Waals surface area contributed by atoms with Crippen molar-refractivity contribution < 1.29 is 43.2 Å². The number of aliphatic hydroxyl groups is 1. The van der Waals surface area contributed by atoms with Gasteiger partial charge in [0.2, 0.25) is 0 Å². The third-order valence-corrected chi connectivity index (χ3v) is 9.37. The molecule has 6 aromatic carbocycles. The van der Waals surface area contributed by atoms with Crippen molar-refractivity contribution in [3.05, 3.63) is 215 Å². The zero-order valence-electron chi connectivity index (χ0n) is 29.6. The van der Waals surface area contributed by atoms with Crippen LogP contribution in [0.5, 0.6) is 0 Å². The molecule has 3 unspecified atom stereocenters. The van der Waals surface area contributed by atoms with Crippen LogP contribution in [-0.4, -0.2) is 60.3 Å². The predicted molar refractivity (Wildman–Crippen MR) is 203 cm³/mol. The summed E-state index contributed by atoms with van der Waals surface area (Å²) in [6.07, 6.45) is -7.70. The van der Waals surface area contributed by atoms with Crippen LogP contribution >= 0.6 is 0 Å². The molecule has 276 valence electrons. The van der Waals surface area contributed by atoms with Gasteiger partial charge in [0.25, 0.3) is 0 Å². The van der Waals surface area contributed by atoms with Gasteiger partial charge >= 0.3 is 17.9 Å². The largest absolute Gasteiger partial charge is 0.452 e. The van der Waals surface area contributed by atoms with E-state index in [0.29, 0.717) is 0 Å². The van der Waals surface area contributed by atoms with Gasteiger partial charge in [0.1, 0.15) is 11.7 Å². The van der Waals surface area contributed by atoms with Gasteiger partial charge in [-0.1, -0.05) is 146 Å². The van der Waals surface area contributed by atoms with Gasteiger partial charge < -0.3 is 28.8 Å². The Kier molecular flexibility index (Phi) is 11.5. The summed E-state index contributed by atoms with van der Waals surface area (Å²) >= 11 is 0. The van der Waals surface area contributed by atoms with Gasteiger partial charge in [-0.25, -0.2) is 14.4 Å². The van der Waals surface area contributed by atoms with Gasteiger partial charge in [-0.3, -0.25) is 0 Å². The van der Waals surface area contributed by atoms with Gasteiger partial charge in [0.05, 0.1) is 23.3 Å². The monoisotopic (exact) mass is 734 g/mol. The van der Waals surface area contributed by atoms with Crippen LogP contribution in [-0.2, 0) is 29.3 Å². The van der Waals surface area contributed by atoms with Crippen molar-refractivity contribution in [2.45, 2.75) is 36.3 Å². The van der Waals surface area contributed by atoms with E-state index in [0.717, 1.165) is 16.7 Å². The van der Waals surface area contributed by atoms with Crippen LogP contribution in [0, 0.1) is 0 Å². The van der Waals surface area contributed by atoms with Crippen LogP contribution in [0.4, 0.5) is 0 Å². The van der Waals surface area contributed by atoms with Crippen LogP contribution < -0.4 is 0 Å². The maximum Gasteiger partial charge on any atom is 0.338 e. The summed E-state index contributed by atoms with van der Waals surface area (Å²) in [4.78, 5) is 41.0. The Morgan fingerprint density at radius 3 is 1.13 bits per heavy atom. The Hall–Kier alpha value is -6.39. The smallest absolute Gasteiger partial charge is 0.338 e. The van der Waals surface area contributed by atoms with Crippen molar-refractivity contribution in [2.75, 3.05) is 6.61 Å². The fourth-order valence-electron chi connectivity index (χ4n) is 6.70. The quantitative estimate of drug-likeness (QED) is 0.0781. The molecule has 0 amide bonds. The van der Waals surface area contributed by atoms with Gasteiger partial charge in [0, 0.05) is 0 Å². The molecule has 5 atom stereocenters. The van der Waals surface area contributed by atoms with E-state index in [9.17, 15) is 19.5 Å². The molecule has 1 aliphatic rings. The number of hydrogen-bond donors (Lipinski definition) is 1. The number of benzene rings is 6. The topological polar surface area (TPSA) is 118 Å². The summed E-state index contributed by atoms with van der Waals surface area (Å²) in [6.45, 7) is -0.290. The lowest BCUT2D eigenvalue weighted by Crippen LogP contribution is -2.62. The number of aliphatic hydroxyl groups excluding tert-OH is 1. The van der Waals surface area contributed by atoms with Gasteiger partial charge in [-0.05, 0) is 53.1 Å². The van der Waals surface area contributed by atoms with Crippen LogP contribution in [0.25, 0.3) is 0 Å². The molecule has 0 aliphatic carbocycles. The first-order chi connectivity index (χ1) is 26.9. The van der Waals surface area contributed by atoms with Crippen molar-refractivity contribution in [2.24, 2.45) is 0 Å². The molecular formula is C46H38O9. The first-order valence-electron chi connectivity index (χ1n) is 17.9. The molecule has 0 aromatic heterocycles. The number of esters is 3. The summed E-state index contributed by atoms with van der Waals surface area (Å²) in [7, 11) is 0. The molecule has 7 rings (SSSR count). The second-order valence-electron chi connectivity index (χ2n) is 12.9. The number of hydrogen-bond acceptors (Lipinski definition) is 9. The normalized spacial score (nSPS) is 19.5. The number of carbonyl (C=O) groups excluding carboxylic acids is 3. The van der Waals surface area contributed by atoms with Crippen molar-refractivity contribution >= 4 is 17.9 Å². The van der Waals surface area contributed by atoms with E-state index < -0.39 is 54.2 Å². The van der Waals surface area contributed by atoms with E-state index in [2.05, 4.69) is 0 Å². The van der Waals surface area contributed by atoms with E-state index >= 15 is 0 Å². The Morgan fingerprint density at radius 2 is 0.764 bits per heavy atom. The van der Waals surface area contributed by atoms with E-state index in [1.807, 2.05) is 91.0 Å². The summed E-state index contributed by atoms with van der Waals surface area (Å²) in [5.41, 5.74) is 1.75. The first kappa shape index (κ1) is 36.9. The molecule has 9 nitrogen and oxygen atoms in total. The fraction of sp³-hybridized carbons (Fsp3) is 0.152. The highest BCUT2D eigenvalue weighted by Gasteiger charge is 2.53. The maximum absolute atomic E-state index is 13.8. The van der Waals surface area contributed by atoms with E-state index in [-0.39, 0.29) is 23.3 Å². The van der Waals surface area contributed by atoms with E-state index in [4.69, 9.17) is 23.7 Å². The van der Waals surface area contributed by atoms with Crippen LogP contribution in [0.3, 0.4) is 0 Å². The lowest BCUT2D eigenvalue weighted by atomic mass is 9.80. The molecule has 55 heavy (non-hydrogen) atoms. The lowest BCUT2D eigenvalue weighted by Gasteiger charge is -2.44. The molecule has 1 heterocycles. The highest BCUT2D eigenvalue weighted by atomic mass is 16.7. The van der Waals surface area contributed by atoms with Crippen LogP contribution in [0.2, 0.25) is 0 Å². The SMILES string of the molecule is O=C(OC1C(OC(=O)c2ccccc2)[C@@H](O)OC(COC(c2ccccc2)(c2ccccc2)c2ccccc2)[C@H]1OC(=O)c1ccccc1)c1ccccc1. The maximum atomic E-state index is 13.8. The predicted octanol–water partition coefficient (Wildman–Crippen LogP) is 7.39. The second-order valence-corrected chi connectivity index (χ2v) is 12.9. The molecule has 1 aliphatic heterocycles. The molecule has 1 saturated heterocycles. The molecule has 0 spiro atoms. The zero-order chi connectivity index (χ0) is 38.0. The van der Waals surface area contributed by atoms with Crippen LogP contribution in [0.15, 0.2) is 182 Å². The summed E-state index contributed by atoms with van der Waals surface area (Å²) in [5, 5.41) is 11.7. The Balaban J connectivity index is 1.31. The third kappa shape index (κ3) is 8.24. The highest BCUT2D eigenvalue weighted by molar-refractivity contribution is 5.91. The molecule has 0 radical (unpaired) electrons. The first-order valence-corrected chi connectivity index (χ1v) is 17.9. The Bertz CT molecular complexity index is 2050. The Labute approximate surface area is 318 Å². The van der Waals surface area contributed by atoms with Crippen molar-refractivity contribution in [3.8, 4) is 0 Å². The molecule has 0 saturated carbocycles. The third-order valence-electron chi connectivity index (χ3n) is 9.37. The highest BCUT2D eigenvalue weighted by Crippen LogP contribution is 2.41. The molecule has 1 N–H and O–H groups in total. The summed E-state index contributed by atoms with van der Waals surface area (Å²) in [6, 6.07) is 53.5. The standard InChI is InChI=1S/C46H38O9/c47-42(32-19-7-1-8-20-32)53-39-38(31-51-46(35-25-13-4-14-26-35,36-27-15-5-16-28-36)37-29-17-6-18-30-37)52-45(50)41(55-44(49)34-23-11-3-12-24-34)40(39)54-43(48)33-21-9-2-10-22-33/h1-30,38-41,45,50H,31H2/t38?,39-,40?,41?,45+/m1/s1.